The molecule has 0 aromatic carbocycles. The van der Waals surface area contributed by atoms with Crippen molar-refractivity contribution in [1.29, 1.82) is 0 Å². The van der Waals surface area contributed by atoms with E-state index >= 15 is 0 Å². The Kier molecular flexibility index (Phi) is 2.66. The average molecular weight is 148 g/mol. The standard InChI is InChI=1S/C9H12N2/c1-3-5-9-7-10-11(8-9)6-4-2/h3-4,7-8H,1-2,5-6H2. The number of nitrogens with zero attached hydrogens (tertiary/aromatic N) is 2. The molecule has 0 aliphatic rings. The van der Waals surface area contributed by atoms with Gasteiger partial charge in [-0.05, 0) is 12.0 Å². The molecule has 1 aromatic rings. The third-order valence-electron chi connectivity index (χ3n) is 1.38. The zero-order valence-corrected chi connectivity index (χ0v) is 6.53. The predicted octanol–water partition coefficient (Wildman–Crippen LogP) is 1.80. The Balaban J connectivity index is 2.64. The van der Waals surface area contributed by atoms with Crippen molar-refractivity contribution in [3.05, 3.63) is 43.3 Å². The first-order valence-corrected chi connectivity index (χ1v) is 3.60. The lowest BCUT2D eigenvalue weighted by Gasteiger charge is -1.91. The molecule has 2 nitrogen and oxygen atoms in total. The molecule has 0 atom stereocenters. The van der Waals surface area contributed by atoms with E-state index in [1.807, 2.05) is 29.2 Å². The maximum atomic E-state index is 4.12. The molecule has 0 radical (unpaired) electrons. The molecule has 1 heterocycles. The van der Waals surface area contributed by atoms with Crippen molar-refractivity contribution in [3.8, 4) is 0 Å². The van der Waals surface area contributed by atoms with Crippen LogP contribution in [0.3, 0.4) is 0 Å². The first-order valence-electron chi connectivity index (χ1n) is 3.60. The van der Waals surface area contributed by atoms with Gasteiger partial charge < -0.3 is 0 Å². The Labute approximate surface area is 66.8 Å². The van der Waals surface area contributed by atoms with Crippen LogP contribution in [-0.4, -0.2) is 9.78 Å². The highest BCUT2D eigenvalue weighted by atomic mass is 15.3. The summed E-state index contributed by atoms with van der Waals surface area (Å²) in [7, 11) is 0. The summed E-state index contributed by atoms with van der Waals surface area (Å²) >= 11 is 0. The maximum Gasteiger partial charge on any atom is 0.0587 e. The van der Waals surface area contributed by atoms with Gasteiger partial charge in [0.15, 0.2) is 0 Å². The van der Waals surface area contributed by atoms with Gasteiger partial charge in [0, 0.05) is 6.20 Å². The number of aromatic nitrogens is 2. The summed E-state index contributed by atoms with van der Waals surface area (Å²) < 4.78 is 1.85. The summed E-state index contributed by atoms with van der Waals surface area (Å²) in [6, 6.07) is 0. The fraction of sp³-hybridized carbons (Fsp3) is 0.222. The monoisotopic (exact) mass is 148 g/mol. The molecule has 1 aromatic heterocycles. The molecule has 0 bridgehead atoms. The molecule has 0 unspecified atom stereocenters. The lowest BCUT2D eigenvalue weighted by molar-refractivity contribution is 0.702. The van der Waals surface area contributed by atoms with Crippen molar-refractivity contribution in [3.63, 3.8) is 0 Å². The van der Waals surface area contributed by atoms with Crippen LogP contribution in [0.4, 0.5) is 0 Å². The number of hydrogen-bond acceptors (Lipinski definition) is 1. The Morgan fingerprint density at radius 1 is 1.45 bits per heavy atom. The molecular formula is C9H12N2. The van der Waals surface area contributed by atoms with Gasteiger partial charge in [-0.15, -0.1) is 13.2 Å². The van der Waals surface area contributed by atoms with Crippen molar-refractivity contribution in [2.24, 2.45) is 0 Å². The third-order valence-corrected chi connectivity index (χ3v) is 1.38. The highest BCUT2D eigenvalue weighted by Gasteiger charge is 1.92. The molecule has 0 aliphatic carbocycles. The Hall–Kier alpha value is -1.31. The van der Waals surface area contributed by atoms with Gasteiger partial charge in [0.05, 0.1) is 12.7 Å². The van der Waals surface area contributed by atoms with E-state index < -0.39 is 0 Å². The molecule has 0 N–H and O–H groups in total. The molecule has 2 heteroatoms. The highest BCUT2D eigenvalue weighted by Crippen LogP contribution is 1.98. The van der Waals surface area contributed by atoms with Crippen LogP contribution in [0.1, 0.15) is 5.56 Å². The van der Waals surface area contributed by atoms with Crippen LogP contribution in [-0.2, 0) is 13.0 Å². The maximum absolute atomic E-state index is 4.12. The third kappa shape index (κ3) is 2.08. The SMILES string of the molecule is C=CCc1cnn(CC=C)c1. The summed E-state index contributed by atoms with van der Waals surface area (Å²) in [6.07, 6.45) is 8.44. The molecule has 0 spiro atoms. The van der Waals surface area contributed by atoms with Crippen LogP contribution in [0.5, 0.6) is 0 Å². The average Bonchev–Trinajstić information content (AvgIpc) is 2.38. The fourth-order valence-corrected chi connectivity index (χ4v) is 0.911. The zero-order valence-electron chi connectivity index (χ0n) is 6.53. The van der Waals surface area contributed by atoms with Crippen molar-refractivity contribution in [2.45, 2.75) is 13.0 Å². The first kappa shape index (κ1) is 7.79. The number of rotatable bonds is 4. The lowest BCUT2D eigenvalue weighted by Crippen LogP contribution is -1.93. The van der Waals surface area contributed by atoms with E-state index in [4.69, 9.17) is 0 Å². The van der Waals surface area contributed by atoms with E-state index in [9.17, 15) is 0 Å². The van der Waals surface area contributed by atoms with Gasteiger partial charge >= 0.3 is 0 Å². The van der Waals surface area contributed by atoms with Crippen molar-refractivity contribution >= 4 is 0 Å². The topological polar surface area (TPSA) is 17.8 Å². The fourth-order valence-electron chi connectivity index (χ4n) is 0.911. The molecule has 0 saturated heterocycles. The van der Waals surface area contributed by atoms with Crippen LogP contribution in [0.25, 0.3) is 0 Å². The lowest BCUT2D eigenvalue weighted by atomic mass is 10.3. The molecular weight excluding hydrogens is 136 g/mol. The van der Waals surface area contributed by atoms with E-state index in [0.29, 0.717) is 0 Å². The minimum absolute atomic E-state index is 0.775. The van der Waals surface area contributed by atoms with Gasteiger partial charge in [0.2, 0.25) is 0 Å². The van der Waals surface area contributed by atoms with Gasteiger partial charge in [-0.25, -0.2) is 0 Å². The second kappa shape index (κ2) is 3.76. The summed E-state index contributed by atoms with van der Waals surface area (Å²) in [6.45, 7) is 8.06. The van der Waals surface area contributed by atoms with Gasteiger partial charge in [-0.1, -0.05) is 12.2 Å². The second-order valence-corrected chi connectivity index (χ2v) is 2.35. The highest BCUT2D eigenvalue weighted by molar-refractivity contribution is 5.07. The van der Waals surface area contributed by atoms with Gasteiger partial charge in [-0.2, -0.15) is 5.10 Å². The summed E-state index contributed by atoms with van der Waals surface area (Å²) in [5, 5.41) is 4.12. The van der Waals surface area contributed by atoms with E-state index in [2.05, 4.69) is 18.3 Å². The van der Waals surface area contributed by atoms with Crippen LogP contribution < -0.4 is 0 Å². The number of hydrogen-bond donors (Lipinski definition) is 0. The van der Waals surface area contributed by atoms with Crippen LogP contribution in [0, 0.1) is 0 Å². The van der Waals surface area contributed by atoms with Gasteiger partial charge in [0.1, 0.15) is 0 Å². The molecule has 0 aliphatic heterocycles. The molecule has 58 valence electrons. The first-order chi connectivity index (χ1) is 5.36. The Morgan fingerprint density at radius 2 is 2.27 bits per heavy atom. The van der Waals surface area contributed by atoms with E-state index in [-0.39, 0.29) is 0 Å². The smallest absolute Gasteiger partial charge is 0.0587 e. The molecule has 0 fully saturated rings. The predicted molar refractivity (Wildman–Crippen MR) is 46.3 cm³/mol. The number of allylic oxidation sites excluding steroid dienone is 2. The van der Waals surface area contributed by atoms with Gasteiger partial charge in [-0.3, -0.25) is 4.68 Å². The van der Waals surface area contributed by atoms with Crippen LogP contribution in [0.15, 0.2) is 37.7 Å². The minimum atomic E-state index is 0.775. The molecule has 0 saturated carbocycles. The van der Waals surface area contributed by atoms with E-state index in [0.717, 1.165) is 13.0 Å². The summed E-state index contributed by atoms with van der Waals surface area (Å²) in [5.41, 5.74) is 1.20. The normalized spacial score (nSPS) is 9.45. The van der Waals surface area contributed by atoms with Crippen LogP contribution >= 0.6 is 0 Å². The van der Waals surface area contributed by atoms with Gasteiger partial charge in [0.25, 0.3) is 0 Å². The van der Waals surface area contributed by atoms with Crippen molar-refractivity contribution < 1.29 is 0 Å². The van der Waals surface area contributed by atoms with Crippen molar-refractivity contribution in [1.82, 2.24) is 9.78 Å². The van der Waals surface area contributed by atoms with Crippen molar-refractivity contribution in [2.75, 3.05) is 0 Å². The van der Waals surface area contributed by atoms with Crippen LogP contribution in [0.2, 0.25) is 0 Å². The Bertz CT molecular complexity index is 223. The zero-order chi connectivity index (χ0) is 8.10. The molecule has 0 amide bonds. The quantitative estimate of drug-likeness (QED) is 0.595. The summed E-state index contributed by atoms with van der Waals surface area (Å²) in [4.78, 5) is 0. The molecule has 11 heavy (non-hydrogen) atoms. The second-order valence-electron chi connectivity index (χ2n) is 2.35. The van der Waals surface area contributed by atoms with E-state index in [1.165, 1.54) is 5.56 Å². The molecule has 1 rings (SSSR count). The minimum Gasteiger partial charge on any atom is -0.269 e. The Morgan fingerprint density at radius 3 is 2.91 bits per heavy atom. The summed E-state index contributed by atoms with van der Waals surface area (Å²) in [5.74, 6) is 0. The largest absolute Gasteiger partial charge is 0.269 e. The van der Waals surface area contributed by atoms with E-state index in [1.54, 1.807) is 0 Å².